The zero-order valence-electron chi connectivity index (χ0n) is 10.4. The van der Waals surface area contributed by atoms with Gasteiger partial charge in [0.25, 0.3) is 0 Å². The number of thioether (sulfide) groups is 1. The summed E-state index contributed by atoms with van der Waals surface area (Å²) in [5, 5.41) is 0. The van der Waals surface area contributed by atoms with Crippen LogP contribution in [0.2, 0.25) is 0 Å². The average Bonchev–Trinajstić information content (AvgIpc) is 2.40. The molecule has 0 saturated carbocycles. The summed E-state index contributed by atoms with van der Waals surface area (Å²) < 4.78 is 5.73. The van der Waals surface area contributed by atoms with Crippen molar-refractivity contribution in [3.63, 3.8) is 0 Å². The van der Waals surface area contributed by atoms with Gasteiger partial charge in [-0.05, 0) is 17.5 Å². The van der Waals surface area contributed by atoms with Gasteiger partial charge in [0.2, 0.25) is 0 Å². The first-order chi connectivity index (χ1) is 8.31. The molecule has 2 nitrogen and oxygen atoms in total. The predicted octanol–water partition coefficient (Wildman–Crippen LogP) is 2.77. The number of rotatable bonds is 4. The van der Waals surface area contributed by atoms with Crippen molar-refractivity contribution in [1.82, 2.24) is 0 Å². The molecule has 2 unspecified atom stereocenters. The van der Waals surface area contributed by atoms with E-state index in [0.29, 0.717) is 0 Å². The van der Waals surface area contributed by atoms with E-state index in [1.165, 1.54) is 17.5 Å². The van der Waals surface area contributed by atoms with Crippen LogP contribution >= 0.6 is 11.8 Å². The van der Waals surface area contributed by atoms with Crippen LogP contribution in [0.4, 0.5) is 0 Å². The van der Waals surface area contributed by atoms with Crippen LogP contribution in [0.25, 0.3) is 0 Å². The highest BCUT2D eigenvalue weighted by Crippen LogP contribution is 2.24. The number of benzene rings is 1. The largest absolute Gasteiger partial charge is 0.375 e. The molecule has 0 amide bonds. The maximum absolute atomic E-state index is 6.26. The summed E-state index contributed by atoms with van der Waals surface area (Å²) in [4.78, 5) is 0. The Balaban J connectivity index is 2.00. The zero-order valence-corrected chi connectivity index (χ0v) is 11.2. The quantitative estimate of drug-likeness (QED) is 0.893. The molecule has 94 valence electrons. The summed E-state index contributed by atoms with van der Waals surface area (Å²) in [5.41, 5.74) is 8.84. The molecule has 2 atom stereocenters. The number of nitrogens with two attached hydrogens (primary N) is 1. The van der Waals surface area contributed by atoms with Gasteiger partial charge in [0.15, 0.2) is 0 Å². The summed E-state index contributed by atoms with van der Waals surface area (Å²) in [6.45, 7) is 3.03. The minimum absolute atomic E-state index is 0.0125. The van der Waals surface area contributed by atoms with Gasteiger partial charge in [0.1, 0.15) is 0 Å². The van der Waals surface area contributed by atoms with Crippen LogP contribution in [0.15, 0.2) is 24.3 Å². The highest BCUT2D eigenvalue weighted by molar-refractivity contribution is 7.99. The van der Waals surface area contributed by atoms with E-state index in [9.17, 15) is 0 Å². The Kier molecular flexibility index (Phi) is 4.89. The van der Waals surface area contributed by atoms with Gasteiger partial charge in [0, 0.05) is 11.5 Å². The molecule has 17 heavy (non-hydrogen) atoms. The van der Waals surface area contributed by atoms with Gasteiger partial charge in [0.05, 0.1) is 18.8 Å². The van der Waals surface area contributed by atoms with Gasteiger partial charge in [-0.25, -0.2) is 0 Å². The molecule has 0 aromatic heterocycles. The van der Waals surface area contributed by atoms with Crippen LogP contribution in [0.5, 0.6) is 0 Å². The van der Waals surface area contributed by atoms with Crippen molar-refractivity contribution in [2.24, 2.45) is 5.73 Å². The van der Waals surface area contributed by atoms with Crippen LogP contribution in [0, 0.1) is 0 Å². The van der Waals surface area contributed by atoms with Crippen molar-refractivity contribution in [3.05, 3.63) is 35.4 Å². The van der Waals surface area contributed by atoms with E-state index in [4.69, 9.17) is 10.5 Å². The molecule has 2 N–H and O–H groups in total. The monoisotopic (exact) mass is 251 g/mol. The number of hydrogen-bond acceptors (Lipinski definition) is 3. The normalized spacial score (nSPS) is 22.4. The SMILES string of the molecule is CCCc1ccc(C(N)C2CSCCO2)cc1. The molecular weight excluding hydrogens is 230 g/mol. The first kappa shape index (κ1) is 12.9. The summed E-state index contributed by atoms with van der Waals surface area (Å²) in [5.74, 6) is 2.11. The average molecular weight is 251 g/mol. The summed E-state index contributed by atoms with van der Waals surface area (Å²) in [6.07, 6.45) is 2.50. The van der Waals surface area contributed by atoms with E-state index < -0.39 is 0 Å². The van der Waals surface area contributed by atoms with Crippen LogP contribution in [-0.4, -0.2) is 24.2 Å². The van der Waals surface area contributed by atoms with E-state index in [2.05, 4.69) is 31.2 Å². The fourth-order valence-corrected chi connectivity index (χ4v) is 3.04. The second-order valence-electron chi connectivity index (χ2n) is 4.50. The van der Waals surface area contributed by atoms with Crippen molar-refractivity contribution in [3.8, 4) is 0 Å². The van der Waals surface area contributed by atoms with Gasteiger partial charge < -0.3 is 10.5 Å². The Bertz CT molecular complexity index is 333. The molecule has 1 aromatic rings. The first-order valence-corrected chi connectivity index (χ1v) is 7.50. The van der Waals surface area contributed by atoms with Crippen LogP contribution in [0.3, 0.4) is 0 Å². The molecule has 1 fully saturated rings. The highest BCUT2D eigenvalue weighted by atomic mass is 32.2. The summed E-state index contributed by atoms with van der Waals surface area (Å²) in [7, 11) is 0. The van der Waals surface area contributed by atoms with Crippen molar-refractivity contribution in [1.29, 1.82) is 0 Å². The van der Waals surface area contributed by atoms with Crippen LogP contribution in [0.1, 0.15) is 30.5 Å². The number of hydrogen-bond donors (Lipinski definition) is 1. The Morgan fingerprint density at radius 3 is 2.76 bits per heavy atom. The third-order valence-electron chi connectivity index (χ3n) is 3.15. The molecule has 1 saturated heterocycles. The standard InChI is InChI=1S/C14H21NOS/c1-2-3-11-4-6-12(7-5-11)14(15)13-10-17-9-8-16-13/h4-7,13-14H,2-3,8-10,15H2,1H3. The van der Waals surface area contributed by atoms with Gasteiger partial charge in [-0.2, -0.15) is 11.8 Å². The second kappa shape index (κ2) is 6.43. The van der Waals surface area contributed by atoms with Gasteiger partial charge in [-0.15, -0.1) is 0 Å². The molecule has 3 heteroatoms. The van der Waals surface area contributed by atoms with E-state index in [0.717, 1.165) is 24.5 Å². The fraction of sp³-hybridized carbons (Fsp3) is 0.571. The maximum Gasteiger partial charge on any atom is 0.0858 e. The minimum atomic E-state index is 0.0125. The second-order valence-corrected chi connectivity index (χ2v) is 5.65. The van der Waals surface area contributed by atoms with E-state index in [-0.39, 0.29) is 12.1 Å². The number of ether oxygens (including phenoxy) is 1. The van der Waals surface area contributed by atoms with E-state index >= 15 is 0 Å². The molecule has 0 bridgehead atoms. The van der Waals surface area contributed by atoms with Gasteiger partial charge in [-0.1, -0.05) is 37.6 Å². The van der Waals surface area contributed by atoms with E-state index in [1.807, 2.05) is 11.8 Å². The third kappa shape index (κ3) is 3.47. The summed E-state index contributed by atoms with van der Waals surface area (Å²) >= 11 is 1.93. The predicted molar refractivity (Wildman–Crippen MR) is 74.4 cm³/mol. The van der Waals surface area contributed by atoms with Gasteiger partial charge >= 0.3 is 0 Å². The lowest BCUT2D eigenvalue weighted by molar-refractivity contribution is 0.0569. The minimum Gasteiger partial charge on any atom is -0.375 e. The Morgan fingerprint density at radius 2 is 2.18 bits per heavy atom. The van der Waals surface area contributed by atoms with Crippen molar-refractivity contribution >= 4 is 11.8 Å². The molecule has 1 aliphatic heterocycles. The van der Waals surface area contributed by atoms with Crippen molar-refractivity contribution < 1.29 is 4.74 Å². The van der Waals surface area contributed by atoms with Crippen molar-refractivity contribution in [2.75, 3.05) is 18.1 Å². The lowest BCUT2D eigenvalue weighted by atomic mass is 10.0. The molecule has 1 aromatic carbocycles. The van der Waals surface area contributed by atoms with Crippen molar-refractivity contribution in [2.45, 2.75) is 31.9 Å². The third-order valence-corrected chi connectivity index (χ3v) is 4.17. The lowest BCUT2D eigenvalue weighted by Crippen LogP contribution is -2.34. The Morgan fingerprint density at radius 1 is 1.41 bits per heavy atom. The molecule has 1 aliphatic rings. The van der Waals surface area contributed by atoms with Gasteiger partial charge in [-0.3, -0.25) is 0 Å². The first-order valence-electron chi connectivity index (χ1n) is 6.35. The van der Waals surface area contributed by atoms with Crippen LogP contribution < -0.4 is 5.73 Å². The maximum atomic E-state index is 6.26. The fourth-order valence-electron chi connectivity index (χ4n) is 2.12. The highest BCUT2D eigenvalue weighted by Gasteiger charge is 2.22. The topological polar surface area (TPSA) is 35.2 Å². The Labute approximate surface area is 108 Å². The smallest absolute Gasteiger partial charge is 0.0858 e. The molecule has 1 heterocycles. The molecule has 0 radical (unpaired) electrons. The number of aryl methyl sites for hydroxylation is 1. The molecule has 0 spiro atoms. The molecule has 2 rings (SSSR count). The summed E-state index contributed by atoms with van der Waals surface area (Å²) in [6, 6.07) is 8.69. The van der Waals surface area contributed by atoms with Crippen LogP contribution in [-0.2, 0) is 11.2 Å². The molecule has 0 aliphatic carbocycles. The Hall–Kier alpha value is -0.510. The lowest BCUT2D eigenvalue weighted by Gasteiger charge is -2.27. The zero-order chi connectivity index (χ0) is 12.1. The molecular formula is C14H21NOS. The van der Waals surface area contributed by atoms with E-state index in [1.54, 1.807) is 0 Å².